The largest absolute Gasteiger partial charge is 0.480 e. The lowest BCUT2D eigenvalue weighted by Gasteiger charge is -2.33. The SMILES string of the molecule is CN(C)CCN(CC(=O)O)CC(=O)N(C)C1CCCCC1. The standard InChI is InChI=1S/C15H29N3O3/c1-16(2)9-10-18(12-15(20)21)11-14(19)17(3)13-7-5-4-6-8-13/h13H,4-12H2,1-3H3,(H,20,21). The molecule has 1 fully saturated rings. The topological polar surface area (TPSA) is 64.1 Å². The summed E-state index contributed by atoms with van der Waals surface area (Å²) in [6.07, 6.45) is 5.76. The monoisotopic (exact) mass is 299 g/mol. The third-order valence-corrected chi connectivity index (χ3v) is 4.10. The third kappa shape index (κ3) is 6.91. The van der Waals surface area contributed by atoms with Gasteiger partial charge < -0.3 is 14.9 Å². The molecule has 0 aromatic rings. The van der Waals surface area contributed by atoms with E-state index in [-0.39, 0.29) is 19.0 Å². The predicted octanol–water partition coefficient (Wildman–Crippen LogP) is 0.726. The minimum atomic E-state index is -0.887. The van der Waals surface area contributed by atoms with Gasteiger partial charge in [-0.1, -0.05) is 19.3 Å². The van der Waals surface area contributed by atoms with E-state index in [0.29, 0.717) is 12.6 Å². The van der Waals surface area contributed by atoms with Gasteiger partial charge in [-0.15, -0.1) is 0 Å². The van der Waals surface area contributed by atoms with Crippen LogP contribution in [0.4, 0.5) is 0 Å². The molecule has 0 saturated heterocycles. The van der Waals surface area contributed by atoms with Gasteiger partial charge in [0.2, 0.25) is 5.91 Å². The van der Waals surface area contributed by atoms with Crippen molar-refractivity contribution in [3.8, 4) is 0 Å². The number of hydrogen-bond acceptors (Lipinski definition) is 4. The van der Waals surface area contributed by atoms with Crippen LogP contribution >= 0.6 is 0 Å². The van der Waals surface area contributed by atoms with Gasteiger partial charge in [0.05, 0.1) is 13.1 Å². The van der Waals surface area contributed by atoms with Gasteiger partial charge in [0, 0.05) is 26.2 Å². The minimum Gasteiger partial charge on any atom is -0.480 e. The second-order valence-electron chi connectivity index (χ2n) is 6.20. The van der Waals surface area contributed by atoms with E-state index in [1.165, 1.54) is 19.3 Å². The fourth-order valence-corrected chi connectivity index (χ4v) is 2.72. The minimum absolute atomic E-state index is 0.0295. The number of likely N-dealkylation sites (N-methyl/N-ethyl adjacent to an activating group) is 2. The number of amides is 1. The maximum atomic E-state index is 12.4. The highest BCUT2D eigenvalue weighted by Gasteiger charge is 2.24. The summed E-state index contributed by atoms with van der Waals surface area (Å²) in [4.78, 5) is 28.8. The Kier molecular flexibility index (Phi) is 7.67. The molecule has 21 heavy (non-hydrogen) atoms. The molecular weight excluding hydrogens is 270 g/mol. The summed E-state index contributed by atoms with van der Waals surface area (Å²) >= 11 is 0. The Morgan fingerprint density at radius 3 is 2.14 bits per heavy atom. The van der Waals surface area contributed by atoms with Crippen LogP contribution in [0.5, 0.6) is 0 Å². The lowest BCUT2D eigenvalue weighted by Crippen LogP contribution is -2.46. The molecule has 1 aliphatic rings. The third-order valence-electron chi connectivity index (χ3n) is 4.10. The van der Waals surface area contributed by atoms with Gasteiger partial charge >= 0.3 is 5.97 Å². The Balaban J connectivity index is 2.50. The van der Waals surface area contributed by atoms with Crippen molar-refractivity contribution in [2.45, 2.75) is 38.1 Å². The summed E-state index contributed by atoms with van der Waals surface area (Å²) in [6, 6.07) is 0.326. The summed E-state index contributed by atoms with van der Waals surface area (Å²) in [5, 5.41) is 8.97. The van der Waals surface area contributed by atoms with Crippen LogP contribution in [0.15, 0.2) is 0 Å². The van der Waals surface area contributed by atoms with Gasteiger partial charge in [-0.25, -0.2) is 0 Å². The number of carbonyl (C=O) groups is 2. The molecule has 0 spiro atoms. The fourth-order valence-electron chi connectivity index (χ4n) is 2.72. The molecule has 0 aromatic carbocycles. The van der Waals surface area contributed by atoms with E-state index in [1.807, 2.05) is 30.9 Å². The smallest absolute Gasteiger partial charge is 0.317 e. The Morgan fingerprint density at radius 1 is 1.00 bits per heavy atom. The van der Waals surface area contributed by atoms with Crippen molar-refractivity contribution < 1.29 is 14.7 Å². The number of carboxylic acid groups (broad SMARTS) is 1. The van der Waals surface area contributed by atoms with E-state index >= 15 is 0 Å². The second kappa shape index (κ2) is 9.00. The Labute approximate surface area is 127 Å². The predicted molar refractivity (Wildman–Crippen MR) is 82.3 cm³/mol. The molecule has 0 radical (unpaired) electrons. The zero-order valence-electron chi connectivity index (χ0n) is 13.5. The summed E-state index contributed by atoms with van der Waals surface area (Å²) in [5.41, 5.74) is 0. The van der Waals surface area contributed by atoms with Crippen molar-refractivity contribution >= 4 is 11.9 Å². The molecule has 1 saturated carbocycles. The Hall–Kier alpha value is -1.14. The molecule has 0 bridgehead atoms. The van der Waals surface area contributed by atoms with Gasteiger partial charge in [0.15, 0.2) is 0 Å². The van der Waals surface area contributed by atoms with Crippen molar-refractivity contribution in [2.75, 3.05) is 47.3 Å². The quantitative estimate of drug-likeness (QED) is 0.716. The summed E-state index contributed by atoms with van der Waals surface area (Å²) in [6.45, 7) is 1.43. The lowest BCUT2D eigenvalue weighted by atomic mass is 9.94. The first-order valence-corrected chi connectivity index (χ1v) is 7.74. The van der Waals surface area contributed by atoms with Crippen LogP contribution in [0.1, 0.15) is 32.1 Å². The molecule has 6 heteroatoms. The van der Waals surface area contributed by atoms with Gasteiger partial charge in [-0.3, -0.25) is 14.5 Å². The molecule has 1 rings (SSSR count). The van der Waals surface area contributed by atoms with Gasteiger partial charge in [0.1, 0.15) is 0 Å². The molecule has 0 aromatic heterocycles. The van der Waals surface area contributed by atoms with Crippen molar-refractivity contribution in [2.24, 2.45) is 0 Å². The van der Waals surface area contributed by atoms with Crippen molar-refractivity contribution in [1.29, 1.82) is 0 Å². The summed E-state index contributed by atoms with van der Waals surface area (Å²) in [5.74, 6) is -0.858. The molecule has 0 heterocycles. The number of nitrogens with zero attached hydrogens (tertiary/aromatic N) is 3. The average molecular weight is 299 g/mol. The molecule has 1 aliphatic carbocycles. The number of carboxylic acids is 1. The van der Waals surface area contributed by atoms with Crippen LogP contribution in [-0.2, 0) is 9.59 Å². The molecule has 6 nitrogen and oxygen atoms in total. The fraction of sp³-hybridized carbons (Fsp3) is 0.867. The average Bonchev–Trinajstić information content (AvgIpc) is 2.44. The molecule has 1 amide bonds. The van der Waals surface area contributed by atoms with Crippen molar-refractivity contribution in [3.63, 3.8) is 0 Å². The van der Waals surface area contributed by atoms with E-state index < -0.39 is 5.97 Å². The van der Waals surface area contributed by atoms with E-state index in [4.69, 9.17) is 5.11 Å². The molecule has 0 aliphatic heterocycles. The van der Waals surface area contributed by atoms with Crippen LogP contribution < -0.4 is 0 Å². The number of rotatable bonds is 8. The second-order valence-corrected chi connectivity index (χ2v) is 6.20. The summed E-state index contributed by atoms with van der Waals surface area (Å²) in [7, 11) is 5.73. The Bertz CT molecular complexity index is 341. The van der Waals surface area contributed by atoms with E-state index in [0.717, 1.165) is 19.4 Å². The van der Waals surface area contributed by atoms with E-state index in [1.54, 1.807) is 4.90 Å². The van der Waals surface area contributed by atoms with Crippen LogP contribution in [0.2, 0.25) is 0 Å². The first kappa shape index (κ1) is 17.9. The highest BCUT2D eigenvalue weighted by atomic mass is 16.4. The van der Waals surface area contributed by atoms with Crippen molar-refractivity contribution in [1.82, 2.24) is 14.7 Å². The van der Waals surface area contributed by atoms with Crippen LogP contribution in [0, 0.1) is 0 Å². The van der Waals surface area contributed by atoms with Gasteiger partial charge in [-0.2, -0.15) is 0 Å². The zero-order valence-corrected chi connectivity index (χ0v) is 13.5. The van der Waals surface area contributed by atoms with Crippen LogP contribution in [-0.4, -0.2) is 85.0 Å². The van der Waals surface area contributed by atoms with Gasteiger partial charge in [-0.05, 0) is 26.9 Å². The first-order chi connectivity index (χ1) is 9.90. The molecule has 122 valence electrons. The molecule has 1 N–H and O–H groups in total. The highest BCUT2D eigenvalue weighted by molar-refractivity contribution is 5.79. The van der Waals surface area contributed by atoms with E-state index in [2.05, 4.69) is 0 Å². The lowest BCUT2D eigenvalue weighted by molar-refractivity contribution is -0.140. The normalized spacial score (nSPS) is 16.4. The summed E-state index contributed by atoms with van der Waals surface area (Å²) < 4.78 is 0. The zero-order chi connectivity index (χ0) is 15.8. The van der Waals surface area contributed by atoms with Crippen molar-refractivity contribution in [3.05, 3.63) is 0 Å². The molecule has 0 atom stereocenters. The molecule has 0 unspecified atom stereocenters. The van der Waals surface area contributed by atoms with Crippen LogP contribution in [0.3, 0.4) is 0 Å². The number of hydrogen-bond donors (Lipinski definition) is 1. The highest BCUT2D eigenvalue weighted by Crippen LogP contribution is 2.21. The van der Waals surface area contributed by atoms with Crippen LogP contribution in [0.25, 0.3) is 0 Å². The maximum absolute atomic E-state index is 12.4. The first-order valence-electron chi connectivity index (χ1n) is 7.74. The Morgan fingerprint density at radius 2 is 1.62 bits per heavy atom. The maximum Gasteiger partial charge on any atom is 0.317 e. The van der Waals surface area contributed by atoms with Gasteiger partial charge in [0.25, 0.3) is 0 Å². The van der Waals surface area contributed by atoms with E-state index in [9.17, 15) is 9.59 Å². The number of carbonyl (C=O) groups excluding carboxylic acids is 1. The number of aliphatic carboxylic acids is 1. The molecular formula is C15H29N3O3.